The van der Waals surface area contributed by atoms with E-state index >= 15 is 0 Å². The second kappa shape index (κ2) is 12.9. The maximum absolute atomic E-state index is 5.34. The van der Waals surface area contributed by atoms with Gasteiger partial charge in [0.15, 0.2) is 17.5 Å². The van der Waals surface area contributed by atoms with Crippen molar-refractivity contribution in [3.63, 3.8) is 0 Å². The number of hydrogen-bond acceptors (Lipinski definition) is 4. The highest BCUT2D eigenvalue weighted by atomic mass is 32.1. The summed E-state index contributed by atoms with van der Waals surface area (Å²) in [4.78, 5) is 15.8. The molecule has 5 heteroatoms. The molecule has 3 heterocycles. The fraction of sp³-hybridized carbons (Fsp3) is 0.0556. The van der Waals surface area contributed by atoms with Gasteiger partial charge in [-0.05, 0) is 63.7 Å². The van der Waals surface area contributed by atoms with E-state index in [2.05, 4.69) is 182 Å². The minimum absolute atomic E-state index is 0.147. The van der Waals surface area contributed by atoms with Crippen molar-refractivity contribution < 1.29 is 0 Å². The van der Waals surface area contributed by atoms with Gasteiger partial charge in [-0.25, -0.2) is 15.0 Å². The van der Waals surface area contributed by atoms with Crippen molar-refractivity contribution in [3.8, 4) is 62.1 Å². The highest BCUT2D eigenvalue weighted by Gasteiger charge is 2.35. The Bertz CT molecular complexity index is 3470. The van der Waals surface area contributed by atoms with Crippen LogP contribution in [-0.4, -0.2) is 19.5 Å². The van der Waals surface area contributed by atoms with Crippen LogP contribution >= 0.6 is 11.3 Å². The normalized spacial score (nSPS) is 13.1. The molecule has 0 spiro atoms. The third-order valence-electron chi connectivity index (χ3n) is 12.3. The van der Waals surface area contributed by atoms with Gasteiger partial charge in [-0.15, -0.1) is 11.3 Å². The molecule has 0 aliphatic heterocycles. The van der Waals surface area contributed by atoms with Gasteiger partial charge in [0, 0.05) is 53.1 Å². The smallest absolute Gasteiger partial charge is 0.166 e. The van der Waals surface area contributed by atoms with E-state index in [1.807, 2.05) is 29.5 Å². The molecule has 8 aromatic carbocycles. The zero-order valence-corrected chi connectivity index (χ0v) is 33.3. The van der Waals surface area contributed by atoms with Gasteiger partial charge in [0.1, 0.15) is 0 Å². The van der Waals surface area contributed by atoms with E-state index in [1.54, 1.807) is 0 Å². The maximum atomic E-state index is 5.34. The van der Waals surface area contributed by atoms with Crippen molar-refractivity contribution in [2.24, 2.45) is 0 Å². The minimum Gasteiger partial charge on any atom is -0.308 e. The topological polar surface area (TPSA) is 43.6 Å². The molecular formula is C54H36N4S. The molecule has 0 saturated carbocycles. The second-order valence-corrected chi connectivity index (χ2v) is 17.0. The Kier molecular flexibility index (Phi) is 7.41. The van der Waals surface area contributed by atoms with Gasteiger partial charge in [-0.2, -0.15) is 0 Å². The molecule has 12 rings (SSSR count). The van der Waals surface area contributed by atoms with Crippen LogP contribution in [0.15, 0.2) is 182 Å². The van der Waals surface area contributed by atoms with Crippen molar-refractivity contribution in [1.29, 1.82) is 0 Å². The van der Waals surface area contributed by atoms with E-state index in [-0.39, 0.29) is 5.41 Å². The lowest BCUT2D eigenvalue weighted by Crippen LogP contribution is -2.15. The molecule has 11 aromatic rings. The molecule has 0 fully saturated rings. The van der Waals surface area contributed by atoms with E-state index in [0.29, 0.717) is 17.5 Å². The summed E-state index contributed by atoms with van der Waals surface area (Å²) in [7, 11) is 0. The van der Waals surface area contributed by atoms with Crippen molar-refractivity contribution >= 4 is 53.3 Å². The molecule has 0 saturated heterocycles. The molecule has 0 unspecified atom stereocenters. The highest BCUT2D eigenvalue weighted by molar-refractivity contribution is 7.27. The summed E-state index contributed by atoms with van der Waals surface area (Å²) in [5.74, 6) is 1.93. The number of hydrogen-bond donors (Lipinski definition) is 0. The Morgan fingerprint density at radius 3 is 1.85 bits per heavy atom. The van der Waals surface area contributed by atoms with Gasteiger partial charge in [0.2, 0.25) is 0 Å². The van der Waals surface area contributed by atoms with Gasteiger partial charge >= 0.3 is 0 Å². The van der Waals surface area contributed by atoms with Crippen LogP contribution in [0.1, 0.15) is 25.0 Å². The lowest BCUT2D eigenvalue weighted by atomic mass is 9.82. The molecule has 1 aliphatic carbocycles. The molecule has 3 aromatic heterocycles. The molecule has 0 atom stereocenters. The lowest BCUT2D eigenvalue weighted by Gasteiger charge is -2.21. The van der Waals surface area contributed by atoms with Crippen LogP contribution in [0.25, 0.3) is 104 Å². The monoisotopic (exact) mass is 772 g/mol. The van der Waals surface area contributed by atoms with Gasteiger partial charge in [0.25, 0.3) is 0 Å². The van der Waals surface area contributed by atoms with Crippen molar-refractivity contribution in [2.75, 3.05) is 0 Å². The fourth-order valence-electron chi connectivity index (χ4n) is 9.46. The van der Waals surface area contributed by atoms with Gasteiger partial charge in [-0.1, -0.05) is 166 Å². The molecular weight excluding hydrogens is 737 g/mol. The highest BCUT2D eigenvalue weighted by Crippen LogP contribution is 2.50. The van der Waals surface area contributed by atoms with Crippen LogP contribution in [0.5, 0.6) is 0 Å². The largest absolute Gasteiger partial charge is 0.308 e. The third-order valence-corrected chi connectivity index (χ3v) is 13.6. The summed E-state index contributed by atoms with van der Waals surface area (Å²) in [5.41, 5.74) is 13.7. The Morgan fingerprint density at radius 1 is 0.407 bits per heavy atom. The number of nitrogens with zero attached hydrogens (tertiary/aromatic N) is 4. The molecule has 59 heavy (non-hydrogen) atoms. The zero-order valence-electron chi connectivity index (χ0n) is 32.5. The Balaban J connectivity index is 1.08. The number of fused-ring (bicyclic) bond motifs is 10. The second-order valence-electron chi connectivity index (χ2n) is 16.0. The predicted octanol–water partition coefficient (Wildman–Crippen LogP) is 14.3. The molecule has 278 valence electrons. The molecule has 4 nitrogen and oxygen atoms in total. The first-order valence-corrected chi connectivity index (χ1v) is 20.9. The summed E-state index contributed by atoms with van der Waals surface area (Å²) >= 11 is 1.89. The van der Waals surface area contributed by atoms with Gasteiger partial charge in [0.05, 0.1) is 16.7 Å². The number of aromatic nitrogens is 4. The van der Waals surface area contributed by atoms with Crippen LogP contribution in [0.2, 0.25) is 0 Å². The van der Waals surface area contributed by atoms with Crippen LogP contribution in [-0.2, 0) is 5.41 Å². The first kappa shape index (κ1) is 33.9. The van der Waals surface area contributed by atoms with E-state index < -0.39 is 0 Å². The molecule has 0 bridgehead atoms. The summed E-state index contributed by atoms with van der Waals surface area (Å²) in [5, 5.41) is 5.05. The van der Waals surface area contributed by atoms with Crippen LogP contribution in [0, 0.1) is 0 Å². The maximum Gasteiger partial charge on any atom is 0.166 e. The average molecular weight is 773 g/mol. The molecule has 0 radical (unpaired) electrons. The lowest BCUT2D eigenvalue weighted by molar-refractivity contribution is 0.660. The first-order chi connectivity index (χ1) is 29.0. The molecule has 0 N–H and O–H groups in total. The fourth-order valence-corrected chi connectivity index (χ4v) is 10.8. The quantitative estimate of drug-likeness (QED) is 0.175. The average Bonchev–Trinajstić information content (AvgIpc) is 3.92. The van der Waals surface area contributed by atoms with Crippen LogP contribution in [0.4, 0.5) is 0 Å². The van der Waals surface area contributed by atoms with Crippen molar-refractivity contribution in [2.45, 2.75) is 19.3 Å². The summed E-state index contributed by atoms with van der Waals surface area (Å²) in [6.45, 7) is 4.62. The van der Waals surface area contributed by atoms with Crippen LogP contribution in [0.3, 0.4) is 0 Å². The summed E-state index contributed by atoms with van der Waals surface area (Å²) in [6, 6.07) is 65.1. The number of rotatable bonds is 5. The van der Waals surface area contributed by atoms with Crippen molar-refractivity contribution in [3.05, 3.63) is 193 Å². The first-order valence-electron chi connectivity index (χ1n) is 20.1. The number of benzene rings is 8. The SMILES string of the molecule is CC1(C)c2ccccc2-c2ccc(-c3nc(-c4ccccc4)nc(-c4ccccc4-n4c5ccccc5c5c6sc7c(-c8ccccc8)cccc7c6ccc54)n3)cc21. The molecule has 0 amide bonds. The minimum atomic E-state index is -0.147. The standard InChI is InChI=1S/C54H36N4S/c1-54(2)43-25-12-9-20-37(43)38-29-28-35(32-44(38)54)52-55-51(34-18-7-4-8-19-34)56-53(57-52)42-22-11-14-27-46(42)58-45-26-13-10-21-41(45)48-47(58)31-30-40-39-24-15-23-36(49(39)59-50(40)48)33-16-5-3-6-17-33/h3-32H,1-2H3. The molecule has 1 aliphatic rings. The Hall–Kier alpha value is -7.21. The van der Waals surface area contributed by atoms with E-state index in [9.17, 15) is 0 Å². The zero-order chi connectivity index (χ0) is 39.2. The van der Waals surface area contributed by atoms with Crippen LogP contribution < -0.4 is 0 Å². The van der Waals surface area contributed by atoms with E-state index in [4.69, 9.17) is 15.0 Å². The predicted molar refractivity (Wildman–Crippen MR) is 246 cm³/mol. The van der Waals surface area contributed by atoms with E-state index in [0.717, 1.165) is 33.4 Å². The number of thiophene rings is 1. The Labute approximate surface area is 345 Å². The van der Waals surface area contributed by atoms with Crippen molar-refractivity contribution in [1.82, 2.24) is 19.5 Å². The third kappa shape index (κ3) is 5.11. The summed E-state index contributed by atoms with van der Waals surface area (Å²) < 4.78 is 5.01. The van der Waals surface area contributed by atoms with E-state index in [1.165, 1.54) is 64.3 Å². The van der Waals surface area contributed by atoms with Gasteiger partial charge in [-0.3, -0.25) is 0 Å². The van der Waals surface area contributed by atoms with Gasteiger partial charge < -0.3 is 4.57 Å². The number of para-hydroxylation sites is 2. The Morgan fingerprint density at radius 2 is 1.02 bits per heavy atom. The summed E-state index contributed by atoms with van der Waals surface area (Å²) in [6.07, 6.45) is 0.